The standard InChI is InChI=1S/2C34H16N4O2.C32H30N2O2.8C2H6/c39-33-21-16-14-20-30-22(34(40)38-26-12-4-8-18-6-2-10-24(28(18)26)36-32(20)38)15-13-19(29(21)30)31-35-23-9-1-5-17-7-3-11-25(27(17)23)37(31)33;39-33-21-15-16-22-30-20(32-36-24-10-2-6-18-8-4-12-26(28(18)24)38(32)34(22)40)14-13-19(29(21)30)31-35-23-9-1-5-17-7-3-11-25(27(17)23)37(31)33;1-17-13-19(3)29(20(4)14-17)33-25-11-12-26(34-30-21(5)15-18(2)16-22(30)6)28-27(25)31(35)23-9-7-8-10-24(23)32(28)36;8*1-2/h2*1-16H;7-16,33-34H,1-6H3;8*1-2H3. The number of pyridine rings is 4. The smallest absolute Gasteiger partial charge is 0.264 e. The Morgan fingerprint density at radius 3 is 0.667 bits per heavy atom. The number of benzene rings is 16. The lowest BCUT2D eigenvalue weighted by molar-refractivity contribution is 0.0980. The van der Waals surface area contributed by atoms with Crippen LogP contribution < -0.4 is 32.9 Å². The average Bonchev–Trinajstić information content (AvgIpc) is 0.691. The zero-order valence-corrected chi connectivity index (χ0v) is 79.3. The Morgan fingerprint density at radius 2 is 0.439 bits per heavy atom. The third kappa shape index (κ3) is 14.4. The van der Waals surface area contributed by atoms with Gasteiger partial charge < -0.3 is 10.6 Å². The highest BCUT2D eigenvalue weighted by Crippen LogP contribution is 2.44. The summed E-state index contributed by atoms with van der Waals surface area (Å²) in [6.45, 7) is 44.3. The first kappa shape index (κ1) is 91.3. The third-order valence-corrected chi connectivity index (χ3v) is 24.1. The first-order valence-corrected chi connectivity index (χ1v) is 46.6. The Kier molecular flexibility index (Phi) is 26.1. The SMILES string of the molecule is CC.CC.CC.CC.CC.CC.CC.CC.Cc1cc(C)c(Nc2ccc(Nc3c(C)cc(C)cc3C)c3c2C(=O)c2ccccc2C3=O)c(C)c1.O=c1c2ccc3c(=O)n4c5cccc6cccc(nc4c4ccc(c2c34)c2nc3cccc4cccc(c43)n12)c65.O=c1c2ccc3c4c(ccc(c24)c2nc4cccc5cccc(c54)n12)c(=O)n1c2cccc4cccc(nc31)c42. The highest BCUT2D eigenvalue weighted by molar-refractivity contribution is 6.33. The molecule has 24 aromatic rings. The zero-order chi connectivity index (χ0) is 94.3. The summed E-state index contributed by atoms with van der Waals surface area (Å²) in [6, 6.07) is 82.6. The number of aromatic nitrogens is 8. The van der Waals surface area contributed by atoms with E-state index in [4.69, 9.17) is 19.9 Å². The molecule has 8 heterocycles. The molecule has 16 heteroatoms. The van der Waals surface area contributed by atoms with E-state index in [-0.39, 0.29) is 33.8 Å². The minimum atomic E-state index is -0.147. The number of hydrogen-bond acceptors (Lipinski definition) is 12. The number of hydrogen-bond donors (Lipinski definition) is 2. The van der Waals surface area contributed by atoms with Gasteiger partial charge in [-0.1, -0.05) is 267 Å². The Labute approximate surface area is 765 Å². The molecule has 0 spiro atoms. The van der Waals surface area contributed by atoms with Gasteiger partial charge in [0.2, 0.25) is 0 Å². The third-order valence-electron chi connectivity index (χ3n) is 24.1. The fourth-order valence-corrected chi connectivity index (χ4v) is 19.4. The molecule has 16 nitrogen and oxygen atoms in total. The van der Waals surface area contributed by atoms with E-state index in [2.05, 4.69) is 76.4 Å². The minimum absolute atomic E-state index is 0.146. The van der Waals surface area contributed by atoms with Crippen LogP contribution in [0, 0.1) is 41.5 Å². The van der Waals surface area contributed by atoms with Crippen molar-refractivity contribution < 1.29 is 9.59 Å². The van der Waals surface area contributed by atoms with Crippen LogP contribution in [0.2, 0.25) is 0 Å². The highest BCUT2D eigenvalue weighted by atomic mass is 16.2. The van der Waals surface area contributed by atoms with E-state index in [0.29, 0.717) is 77.8 Å². The Morgan fingerprint density at radius 1 is 0.227 bits per heavy atom. The van der Waals surface area contributed by atoms with E-state index in [1.165, 1.54) is 11.1 Å². The van der Waals surface area contributed by atoms with Crippen LogP contribution in [0.5, 0.6) is 0 Å². The lowest BCUT2D eigenvalue weighted by Gasteiger charge is -2.25. The van der Waals surface area contributed by atoms with Crippen LogP contribution >= 0.6 is 0 Å². The second-order valence-corrected chi connectivity index (χ2v) is 31.0. The number of ketones is 2. The summed E-state index contributed by atoms with van der Waals surface area (Å²) in [5.74, 6) is -0.294. The van der Waals surface area contributed by atoms with Crippen LogP contribution in [0.4, 0.5) is 22.7 Å². The largest absolute Gasteiger partial charge is 0.354 e. The van der Waals surface area contributed by atoms with Gasteiger partial charge in [-0.3, -0.25) is 46.4 Å². The lowest BCUT2D eigenvalue weighted by atomic mass is 9.82. The molecule has 0 radical (unpaired) electrons. The summed E-state index contributed by atoms with van der Waals surface area (Å²) in [7, 11) is 0. The van der Waals surface area contributed by atoms with Crippen LogP contribution in [0.25, 0.3) is 174 Å². The van der Waals surface area contributed by atoms with Crippen LogP contribution in [0.15, 0.2) is 274 Å². The molecule has 0 atom stereocenters. The van der Waals surface area contributed by atoms with Crippen molar-refractivity contribution in [3.8, 4) is 0 Å². The lowest BCUT2D eigenvalue weighted by Crippen LogP contribution is -2.23. The van der Waals surface area contributed by atoms with Gasteiger partial charge >= 0.3 is 0 Å². The number of nitrogens with one attached hydrogen (secondary N) is 2. The van der Waals surface area contributed by atoms with Crippen LogP contribution in [-0.2, 0) is 0 Å². The molecule has 1 aliphatic rings. The van der Waals surface area contributed by atoms with Crippen molar-refractivity contribution >= 4 is 209 Å². The maximum Gasteiger partial charge on any atom is 0.264 e. The number of carbonyl (C=O) groups is 2. The minimum Gasteiger partial charge on any atom is -0.354 e. The number of aryl methyl sites for hydroxylation is 6. The maximum atomic E-state index is 14.2. The first-order chi connectivity index (χ1) is 64.5. The van der Waals surface area contributed by atoms with Gasteiger partial charge in [-0.2, -0.15) is 0 Å². The van der Waals surface area contributed by atoms with E-state index < -0.39 is 0 Å². The van der Waals surface area contributed by atoms with E-state index in [1.54, 1.807) is 54.0 Å². The molecule has 0 saturated heterocycles. The van der Waals surface area contributed by atoms with Gasteiger partial charge in [0.05, 0.1) is 66.6 Å². The summed E-state index contributed by atoms with van der Waals surface area (Å²) in [4.78, 5) is 105. The predicted molar refractivity (Wildman–Crippen MR) is 561 cm³/mol. The summed E-state index contributed by atoms with van der Waals surface area (Å²) in [6.07, 6.45) is 0. The number of carbonyl (C=O) groups excluding carboxylic acids is 2. The van der Waals surface area contributed by atoms with Gasteiger partial charge in [0.25, 0.3) is 22.2 Å². The predicted octanol–water partition coefficient (Wildman–Crippen LogP) is 29.3. The van der Waals surface area contributed by atoms with E-state index in [0.717, 1.165) is 164 Å². The second kappa shape index (κ2) is 37.7. The van der Waals surface area contributed by atoms with E-state index in [1.807, 2.05) is 305 Å². The van der Waals surface area contributed by atoms with Gasteiger partial charge in [0.15, 0.2) is 11.6 Å². The molecule has 2 N–H and O–H groups in total. The maximum absolute atomic E-state index is 14.2. The monoisotopic (exact) mass is 1740 g/mol. The van der Waals surface area contributed by atoms with Gasteiger partial charge in [0, 0.05) is 109 Å². The number of rotatable bonds is 4. The van der Waals surface area contributed by atoms with E-state index in [9.17, 15) is 28.8 Å². The highest BCUT2D eigenvalue weighted by Gasteiger charge is 2.35. The van der Waals surface area contributed by atoms with Gasteiger partial charge in [0.1, 0.15) is 22.6 Å². The molecule has 0 aliphatic heterocycles. The number of anilines is 4. The quantitative estimate of drug-likeness (QED) is 0.125. The molecule has 16 aromatic carbocycles. The van der Waals surface area contributed by atoms with Crippen molar-refractivity contribution in [3.05, 3.63) is 352 Å². The molecule has 0 fully saturated rings. The average molecular weight is 1740 g/mol. The Hall–Kier alpha value is -15.4. The molecular formula is C116H110N10O6. The summed E-state index contributed by atoms with van der Waals surface area (Å²) in [5, 5.41) is 23.6. The Balaban J connectivity index is 0.000000141. The van der Waals surface area contributed by atoms with Gasteiger partial charge in [-0.25, -0.2) is 19.9 Å². The van der Waals surface area contributed by atoms with E-state index >= 15 is 0 Å². The fourth-order valence-electron chi connectivity index (χ4n) is 19.4. The van der Waals surface area contributed by atoms with Crippen LogP contribution in [0.3, 0.4) is 0 Å². The van der Waals surface area contributed by atoms with Crippen molar-refractivity contribution in [2.45, 2.75) is 152 Å². The van der Waals surface area contributed by atoms with Crippen molar-refractivity contribution in [1.82, 2.24) is 37.5 Å². The normalized spacial score (nSPS) is 11.4. The summed E-state index contributed by atoms with van der Waals surface area (Å²) in [5.41, 5.74) is 20.0. The fraction of sp³-hybridized carbons (Fsp3) is 0.190. The Bertz CT molecular complexity index is 7990. The molecule has 0 saturated carbocycles. The molecule has 132 heavy (non-hydrogen) atoms. The zero-order valence-electron chi connectivity index (χ0n) is 79.3. The topological polar surface area (TPSA) is 196 Å². The number of fused-ring (bicyclic) bond motifs is 14. The van der Waals surface area contributed by atoms with Crippen molar-refractivity contribution in [1.29, 1.82) is 0 Å². The van der Waals surface area contributed by atoms with Gasteiger partial charge in [-0.15, -0.1) is 0 Å². The van der Waals surface area contributed by atoms with Crippen molar-refractivity contribution in [3.63, 3.8) is 0 Å². The van der Waals surface area contributed by atoms with Gasteiger partial charge in [-0.05, 0) is 195 Å². The second-order valence-electron chi connectivity index (χ2n) is 31.0. The molecule has 0 bridgehead atoms. The van der Waals surface area contributed by atoms with Crippen molar-refractivity contribution in [2.24, 2.45) is 0 Å². The molecular weight excluding hydrogens is 1630 g/mol. The van der Waals surface area contributed by atoms with Crippen LogP contribution in [-0.4, -0.2) is 49.1 Å². The molecule has 0 unspecified atom stereocenters. The molecule has 8 aromatic heterocycles. The summed E-state index contributed by atoms with van der Waals surface area (Å²) < 4.78 is 6.89. The molecule has 25 rings (SSSR count). The number of nitrogens with zero attached hydrogens (tertiary/aromatic N) is 8. The summed E-state index contributed by atoms with van der Waals surface area (Å²) >= 11 is 0. The molecule has 0 amide bonds. The first-order valence-electron chi connectivity index (χ1n) is 46.6. The molecule has 1 aliphatic carbocycles. The molecule has 660 valence electrons. The van der Waals surface area contributed by atoms with Crippen LogP contribution in [0.1, 0.15) is 176 Å². The van der Waals surface area contributed by atoms with Crippen molar-refractivity contribution in [2.75, 3.05) is 10.6 Å².